The van der Waals surface area contributed by atoms with Gasteiger partial charge < -0.3 is 10.1 Å². The van der Waals surface area contributed by atoms with Gasteiger partial charge in [-0.1, -0.05) is 48.2 Å². The van der Waals surface area contributed by atoms with Gasteiger partial charge in [0.05, 0.1) is 0 Å². The van der Waals surface area contributed by atoms with E-state index in [1.165, 1.54) is 6.07 Å². The van der Waals surface area contributed by atoms with Gasteiger partial charge in [0.15, 0.2) is 6.10 Å². The van der Waals surface area contributed by atoms with Gasteiger partial charge in [0.2, 0.25) is 0 Å². The molecular weight excluding hydrogens is 343 g/mol. The summed E-state index contributed by atoms with van der Waals surface area (Å²) in [5, 5.41) is 2.73. The second-order valence-corrected chi connectivity index (χ2v) is 6.09. The van der Waals surface area contributed by atoms with E-state index in [-0.39, 0.29) is 0 Å². The number of cyclic esters (lactones) is 1. The van der Waals surface area contributed by atoms with Crippen molar-refractivity contribution in [1.82, 2.24) is 10.3 Å². The Labute approximate surface area is 156 Å². The Morgan fingerprint density at radius 3 is 2.52 bits per heavy atom. The first-order chi connectivity index (χ1) is 13.2. The van der Waals surface area contributed by atoms with Gasteiger partial charge in [-0.05, 0) is 29.8 Å². The van der Waals surface area contributed by atoms with Gasteiger partial charge in [0, 0.05) is 29.1 Å². The first-order valence-electron chi connectivity index (χ1n) is 8.44. The second kappa shape index (κ2) is 7.30. The average Bonchev–Trinajstić information content (AvgIpc) is 3.09. The molecule has 0 bridgehead atoms. The lowest BCUT2D eigenvalue weighted by Gasteiger charge is -2.18. The highest BCUT2D eigenvalue weighted by Gasteiger charge is 2.38. The van der Waals surface area contributed by atoms with Crippen LogP contribution in [-0.2, 0) is 4.74 Å². The van der Waals surface area contributed by atoms with Crippen LogP contribution in [0.5, 0.6) is 0 Å². The Hall–Kier alpha value is -3.65. The number of carbonyl (C=O) groups excluding carboxylic acids is 1. The van der Waals surface area contributed by atoms with Crippen molar-refractivity contribution < 1.29 is 13.9 Å². The minimum atomic E-state index is -0.766. The number of nitrogens with one attached hydrogen (secondary N) is 1. The van der Waals surface area contributed by atoms with Crippen LogP contribution in [0, 0.1) is 17.7 Å². The highest BCUT2D eigenvalue weighted by Crippen LogP contribution is 2.37. The predicted molar refractivity (Wildman–Crippen MR) is 98.2 cm³/mol. The van der Waals surface area contributed by atoms with E-state index >= 15 is 0 Å². The molecule has 5 heteroatoms. The molecule has 132 valence electrons. The minimum Gasteiger partial charge on any atom is -0.439 e. The maximum Gasteiger partial charge on any atom is 0.408 e. The summed E-state index contributed by atoms with van der Waals surface area (Å²) in [5.41, 5.74) is 2.62. The molecule has 1 amide bonds. The van der Waals surface area contributed by atoms with E-state index < -0.39 is 24.1 Å². The fourth-order valence-electron chi connectivity index (χ4n) is 2.99. The zero-order valence-corrected chi connectivity index (χ0v) is 14.2. The number of pyridine rings is 1. The number of amides is 1. The lowest BCUT2D eigenvalue weighted by Crippen LogP contribution is -2.20. The van der Waals surface area contributed by atoms with E-state index in [0.29, 0.717) is 16.7 Å². The van der Waals surface area contributed by atoms with Gasteiger partial charge >= 0.3 is 6.09 Å². The standard InChI is InChI=1S/C22H15FN2O2/c23-19-9-5-4-8-18(19)21-20(25-22(26)27-21)17-12-16(13-24-14-17)11-10-15-6-2-1-3-7-15/h1-9,12-14,20-21H,(H,25,26)/t20-,21?/m1/s1. The Kier molecular flexibility index (Phi) is 4.54. The zero-order valence-electron chi connectivity index (χ0n) is 14.2. The van der Waals surface area contributed by atoms with Gasteiger partial charge in [-0.2, -0.15) is 0 Å². The SMILES string of the molecule is O=C1N[C@H](c2cncc(C#Cc3ccccc3)c2)C(c2ccccc2F)O1. The van der Waals surface area contributed by atoms with Crippen LogP contribution >= 0.6 is 0 Å². The molecule has 3 aromatic rings. The third-order valence-electron chi connectivity index (χ3n) is 4.27. The summed E-state index contributed by atoms with van der Waals surface area (Å²) in [6.45, 7) is 0. The van der Waals surface area contributed by atoms with Crippen LogP contribution < -0.4 is 5.32 Å². The largest absolute Gasteiger partial charge is 0.439 e. The van der Waals surface area contributed by atoms with E-state index in [0.717, 1.165) is 5.56 Å². The molecule has 2 heterocycles. The second-order valence-electron chi connectivity index (χ2n) is 6.09. The fraction of sp³-hybridized carbons (Fsp3) is 0.0909. The smallest absolute Gasteiger partial charge is 0.408 e. The number of benzene rings is 2. The Morgan fingerprint density at radius 1 is 0.963 bits per heavy atom. The van der Waals surface area contributed by atoms with Gasteiger partial charge in [0.1, 0.15) is 11.9 Å². The van der Waals surface area contributed by atoms with Crippen LogP contribution in [0.15, 0.2) is 73.1 Å². The molecule has 4 rings (SSSR count). The number of aromatic nitrogens is 1. The highest BCUT2D eigenvalue weighted by atomic mass is 19.1. The van der Waals surface area contributed by atoms with Crippen molar-refractivity contribution >= 4 is 6.09 Å². The highest BCUT2D eigenvalue weighted by molar-refractivity contribution is 5.71. The van der Waals surface area contributed by atoms with Crippen molar-refractivity contribution in [3.05, 3.63) is 101 Å². The molecule has 0 radical (unpaired) electrons. The molecule has 1 aromatic heterocycles. The van der Waals surface area contributed by atoms with E-state index in [1.807, 2.05) is 36.4 Å². The molecular formula is C22H15FN2O2. The lowest BCUT2D eigenvalue weighted by atomic mass is 9.96. The molecule has 1 N–H and O–H groups in total. The summed E-state index contributed by atoms with van der Waals surface area (Å²) in [5.74, 6) is 5.71. The summed E-state index contributed by atoms with van der Waals surface area (Å²) in [6.07, 6.45) is 1.92. The number of nitrogens with zero attached hydrogens (tertiary/aromatic N) is 1. The number of halogens is 1. The quantitative estimate of drug-likeness (QED) is 0.701. The fourth-order valence-corrected chi connectivity index (χ4v) is 2.99. The van der Waals surface area contributed by atoms with Crippen molar-refractivity contribution in [3.8, 4) is 11.8 Å². The molecule has 0 aliphatic carbocycles. The van der Waals surface area contributed by atoms with E-state index in [4.69, 9.17) is 4.74 Å². The molecule has 2 aromatic carbocycles. The summed E-state index contributed by atoms with van der Waals surface area (Å²) < 4.78 is 19.5. The van der Waals surface area contributed by atoms with Crippen LogP contribution in [0.2, 0.25) is 0 Å². The van der Waals surface area contributed by atoms with Crippen molar-refractivity contribution in [2.24, 2.45) is 0 Å². The molecule has 1 unspecified atom stereocenters. The van der Waals surface area contributed by atoms with Gasteiger partial charge in [0.25, 0.3) is 0 Å². The molecule has 0 saturated carbocycles. The first-order valence-corrected chi connectivity index (χ1v) is 8.44. The van der Waals surface area contributed by atoms with E-state index in [9.17, 15) is 9.18 Å². The lowest BCUT2D eigenvalue weighted by molar-refractivity contribution is 0.130. The van der Waals surface area contributed by atoms with Crippen LogP contribution in [0.25, 0.3) is 0 Å². The molecule has 1 aliphatic rings. The Morgan fingerprint density at radius 2 is 1.70 bits per heavy atom. The van der Waals surface area contributed by atoms with Crippen molar-refractivity contribution in [2.75, 3.05) is 0 Å². The Balaban J connectivity index is 1.65. The summed E-state index contributed by atoms with van der Waals surface area (Å²) in [4.78, 5) is 16.0. The average molecular weight is 358 g/mol. The van der Waals surface area contributed by atoms with Crippen LogP contribution in [0.3, 0.4) is 0 Å². The predicted octanol–water partition coefficient (Wildman–Crippen LogP) is 4.14. The third-order valence-corrected chi connectivity index (χ3v) is 4.27. The monoisotopic (exact) mass is 358 g/mol. The number of hydrogen-bond acceptors (Lipinski definition) is 3. The van der Waals surface area contributed by atoms with Crippen molar-refractivity contribution in [3.63, 3.8) is 0 Å². The van der Waals surface area contributed by atoms with Crippen LogP contribution in [-0.4, -0.2) is 11.1 Å². The van der Waals surface area contributed by atoms with Gasteiger partial charge in [-0.15, -0.1) is 0 Å². The van der Waals surface area contributed by atoms with Crippen LogP contribution in [0.4, 0.5) is 9.18 Å². The maximum atomic E-state index is 14.2. The maximum absolute atomic E-state index is 14.2. The molecule has 1 fully saturated rings. The van der Waals surface area contributed by atoms with Gasteiger partial charge in [-0.25, -0.2) is 9.18 Å². The summed E-state index contributed by atoms with van der Waals surface area (Å²) in [6, 6.07) is 17.2. The van der Waals surface area contributed by atoms with E-state index in [2.05, 4.69) is 22.1 Å². The van der Waals surface area contributed by atoms with Crippen molar-refractivity contribution in [2.45, 2.75) is 12.1 Å². The molecule has 1 saturated heterocycles. The molecule has 4 nitrogen and oxygen atoms in total. The van der Waals surface area contributed by atoms with Gasteiger partial charge in [-0.3, -0.25) is 4.98 Å². The number of carbonyl (C=O) groups is 1. The Bertz CT molecular complexity index is 1040. The number of alkyl carbamates (subject to hydrolysis) is 1. The normalized spacial score (nSPS) is 18.2. The zero-order chi connectivity index (χ0) is 18.6. The summed E-state index contributed by atoms with van der Waals surface area (Å²) >= 11 is 0. The number of rotatable bonds is 2. The van der Waals surface area contributed by atoms with E-state index in [1.54, 1.807) is 30.6 Å². The third kappa shape index (κ3) is 3.65. The van der Waals surface area contributed by atoms with Crippen LogP contribution in [0.1, 0.15) is 34.4 Å². The molecule has 1 aliphatic heterocycles. The number of hydrogen-bond donors (Lipinski definition) is 1. The topological polar surface area (TPSA) is 51.2 Å². The summed E-state index contributed by atoms with van der Waals surface area (Å²) in [7, 11) is 0. The molecule has 0 spiro atoms. The first kappa shape index (κ1) is 16.8. The molecule has 27 heavy (non-hydrogen) atoms. The minimum absolute atomic E-state index is 0.321. The molecule has 2 atom stereocenters. The van der Waals surface area contributed by atoms with Crippen molar-refractivity contribution in [1.29, 1.82) is 0 Å². The number of ether oxygens (including phenoxy) is 1.